The fourth-order valence-electron chi connectivity index (χ4n) is 3.88. The van der Waals surface area contributed by atoms with Crippen molar-refractivity contribution in [3.63, 3.8) is 0 Å². The zero-order valence-electron chi connectivity index (χ0n) is 18.4. The van der Waals surface area contributed by atoms with Gasteiger partial charge in [0.1, 0.15) is 5.82 Å². The zero-order valence-corrected chi connectivity index (χ0v) is 18.4. The van der Waals surface area contributed by atoms with Gasteiger partial charge in [0, 0.05) is 57.0 Å². The molecule has 0 fully saturated rings. The summed E-state index contributed by atoms with van der Waals surface area (Å²) in [6, 6.07) is 17.3. The van der Waals surface area contributed by atoms with Gasteiger partial charge in [-0.05, 0) is 30.5 Å². The number of hydrogen-bond acceptors (Lipinski definition) is 3. The van der Waals surface area contributed by atoms with E-state index in [1.165, 1.54) is 12.8 Å². The summed E-state index contributed by atoms with van der Waals surface area (Å²) < 4.78 is 2.22. The molecule has 0 aliphatic carbocycles. The monoisotopic (exact) mass is 431 g/mol. The summed E-state index contributed by atoms with van der Waals surface area (Å²) in [5, 5.41) is 5.72. The molecule has 0 radical (unpaired) electrons. The van der Waals surface area contributed by atoms with Gasteiger partial charge in [-0.25, -0.2) is 9.78 Å². The van der Waals surface area contributed by atoms with E-state index >= 15 is 0 Å². The third-order valence-corrected chi connectivity index (χ3v) is 5.59. The second-order valence-electron chi connectivity index (χ2n) is 8.15. The summed E-state index contributed by atoms with van der Waals surface area (Å²) in [7, 11) is 1.74. The molecule has 0 atom stereocenters. The van der Waals surface area contributed by atoms with Crippen molar-refractivity contribution in [3.05, 3.63) is 72.2 Å². The lowest BCUT2D eigenvalue weighted by Gasteiger charge is -2.18. The summed E-state index contributed by atoms with van der Waals surface area (Å²) in [5.41, 5.74) is 3.71. The van der Waals surface area contributed by atoms with Gasteiger partial charge in [0.2, 0.25) is 5.91 Å². The van der Waals surface area contributed by atoms with Crippen molar-refractivity contribution in [2.75, 3.05) is 18.9 Å². The number of aromatic nitrogens is 2. The molecule has 0 unspecified atom stereocenters. The van der Waals surface area contributed by atoms with Gasteiger partial charge in [0.25, 0.3) is 0 Å². The number of rotatable bonds is 7. The van der Waals surface area contributed by atoms with Crippen LogP contribution >= 0.6 is 0 Å². The SMILES string of the molecule is CN(Cc1ccccc1)C(=O)NCCC(=O)Nc1cccc(-c2cn3c(n2)CCCC3)c1. The number of hydrogen-bond donors (Lipinski definition) is 2. The summed E-state index contributed by atoms with van der Waals surface area (Å²) in [6.45, 7) is 1.81. The molecule has 2 heterocycles. The van der Waals surface area contributed by atoms with Crippen LogP contribution in [0.15, 0.2) is 60.8 Å². The number of benzene rings is 2. The van der Waals surface area contributed by atoms with E-state index in [0.29, 0.717) is 6.54 Å². The predicted octanol–water partition coefficient (Wildman–Crippen LogP) is 4.06. The maximum atomic E-state index is 12.4. The molecule has 1 aliphatic rings. The average Bonchev–Trinajstić information content (AvgIpc) is 3.24. The van der Waals surface area contributed by atoms with Crippen LogP contribution in [0.2, 0.25) is 0 Å². The molecule has 0 bridgehead atoms. The van der Waals surface area contributed by atoms with Crippen LogP contribution in [0.5, 0.6) is 0 Å². The first kappa shape index (κ1) is 21.6. The molecule has 3 aromatic rings. The minimum absolute atomic E-state index is 0.141. The van der Waals surface area contributed by atoms with E-state index in [4.69, 9.17) is 4.98 Å². The molecule has 1 aromatic heterocycles. The number of urea groups is 1. The van der Waals surface area contributed by atoms with Crippen molar-refractivity contribution in [1.82, 2.24) is 19.8 Å². The Kier molecular flexibility index (Phi) is 6.84. The first-order valence-corrected chi connectivity index (χ1v) is 11.1. The van der Waals surface area contributed by atoms with Gasteiger partial charge in [0.05, 0.1) is 5.69 Å². The van der Waals surface area contributed by atoms with Gasteiger partial charge in [-0.3, -0.25) is 4.79 Å². The van der Waals surface area contributed by atoms with Crippen molar-refractivity contribution >= 4 is 17.6 Å². The lowest BCUT2D eigenvalue weighted by atomic mass is 10.1. The first-order valence-electron chi connectivity index (χ1n) is 11.1. The van der Waals surface area contributed by atoms with Crippen LogP contribution in [0, 0.1) is 0 Å². The third kappa shape index (κ3) is 5.55. The van der Waals surface area contributed by atoms with Crippen molar-refractivity contribution in [2.45, 2.75) is 38.8 Å². The fraction of sp³-hybridized carbons (Fsp3) is 0.320. The Morgan fingerprint density at radius 3 is 2.75 bits per heavy atom. The molecular weight excluding hydrogens is 402 g/mol. The molecule has 2 N–H and O–H groups in total. The van der Waals surface area contributed by atoms with E-state index < -0.39 is 0 Å². The van der Waals surface area contributed by atoms with E-state index in [9.17, 15) is 9.59 Å². The molecule has 0 saturated carbocycles. The summed E-state index contributed by atoms with van der Waals surface area (Å²) in [6.07, 6.45) is 5.69. The number of aryl methyl sites for hydroxylation is 2. The number of carbonyl (C=O) groups excluding carboxylic acids is 2. The molecule has 0 saturated heterocycles. The van der Waals surface area contributed by atoms with Gasteiger partial charge in [-0.15, -0.1) is 0 Å². The molecule has 3 amide bonds. The van der Waals surface area contributed by atoms with Crippen LogP contribution in [-0.2, 0) is 24.3 Å². The third-order valence-electron chi connectivity index (χ3n) is 5.59. The van der Waals surface area contributed by atoms with E-state index in [0.717, 1.165) is 41.3 Å². The Morgan fingerprint density at radius 2 is 1.94 bits per heavy atom. The number of amides is 3. The molecule has 32 heavy (non-hydrogen) atoms. The maximum Gasteiger partial charge on any atom is 0.317 e. The Labute approximate surface area is 188 Å². The largest absolute Gasteiger partial charge is 0.337 e. The Morgan fingerprint density at radius 1 is 1.09 bits per heavy atom. The summed E-state index contributed by atoms with van der Waals surface area (Å²) in [4.78, 5) is 31.0. The van der Waals surface area contributed by atoms with Gasteiger partial charge >= 0.3 is 6.03 Å². The van der Waals surface area contributed by atoms with Crippen LogP contribution in [0.4, 0.5) is 10.5 Å². The molecular formula is C25H29N5O2. The Bertz CT molecular complexity index is 1050. The van der Waals surface area contributed by atoms with E-state index in [2.05, 4.69) is 21.4 Å². The number of imidazole rings is 1. The fourth-order valence-corrected chi connectivity index (χ4v) is 3.88. The van der Waals surface area contributed by atoms with Crippen LogP contribution in [0.25, 0.3) is 11.3 Å². The molecule has 7 nitrogen and oxygen atoms in total. The second kappa shape index (κ2) is 10.1. The van der Waals surface area contributed by atoms with E-state index in [1.54, 1.807) is 11.9 Å². The minimum Gasteiger partial charge on any atom is -0.337 e. The highest BCUT2D eigenvalue weighted by molar-refractivity contribution is 5.91. The van der Waals surface area contributed by atoms with Gasteiger partial charge in [-0.2, -0.15) is 0 Å². The average molecular weight is 432 g/mol. The standard InChI is InChI=1S/C25H29N5O2/c1-29(17-19-8-3-2-4-9-19)25(32)26-14-13-24(31)27-21-11-7-10-20(16-21)22-18-30-15-6-5-12-23(30)28-22/h2-4,7-11,16,18H,5-6,12-15,17H2,1H3,(H,26,32)(H,27,31). The van der Waals surface area contributed by atoms with Crippen LogP contribution in [0.1, 0.15) is 30.7 Å². The predicted molar refractivity (Wildman–Crippen MR) is 125 cm³/mol. The van der Waals surface area contributed by atoms with Crippen LogP contribution in [0.3, 0.4) is 0 Å². The van der Waals surface area contributed by atoms with Gasteiger partial charge < -0.3 is 20.1 Å². The number of carbonyl (C=O) groups is 2. The molecule has 7 heteroatoms. The van der Waals surface area contributed by atoms with Gasteiger partial charge in [-0.1, -0.05) is 42.5 Å². The highest BCUT2D eigenvalue weighted by Crippen LogP contribution is 2.24. The lowest BCUT2D eigenvalue weighted by Crippen LogP contribution is -2.38. The first-order chi connectivity index (χ1) is 15.6. The molecule has 166 valence electrons. The Hall–Kier alpha value is -3.61. The molecule has 0 spiro atoms. The van der Waals surface area contributed by atoms with Crippen molar-refractivity contribution in [2.24, 2.45) is 0 Å². The maximum absolute atomic E-state index is 12.4. The topological polar surface area (TPSA) is 79.3 Å². The quantitative estimate of drug-likeness (QED) is 0.592. The smallest absolute Gasteiger partial charge is 0.317 e. The molecule has 2 aromatic carbocycles. The Balaban J connectivity index is 1.26. The van der Waals surface area contributed by atoms with Crippen LogP contribution < -0.4 is 10.6 Å². The van der Waals surface area contributed by atoms with Crippen molar-refractivity contribution in [1.29, 1.82) is 0 Å². The number of fused-ring (bicyclic) bond motifs is 1. The van der Waals surface area contributed by atoms with E-state index in [-0.39, 0.29) is 24.9 Å². The number of anilines is 1. The summed E-state index contributed by atoms with van der Waals surface area (Å²) in [5.74, 6) is 0.992. The highest BCUT2D eigenvalue weighted by atomic mass is 16.2. The lowest BCUT2D eigenvalue weighted by molar-refractivity contribution is -0.116. The number of nitrogens with zero attached hydrogens (tertiary/aromatic N) is 3. The summed E-state index contributed by atoms with van der Waals surface area (Å²) >= 11 is 0. The van der Waals surface area contributed by atoms with Crippen molar-refractivity contribution in [3.8, 4) is 11.3 Å². The van der Waals surface area contributed by atoms with Gasteiger partial charge in [0.15, 0.2) is 0 Å². The highest BCUT2D eigenvalue weighted by Gasteiger charge is 2.14. The normalized spacial score (nSPS) is 12.7. The number of nitrogens with one attached hydrogen (secondary N) is 2. The zero-order chi connectivity index (χ0) is 22.3. The molecule has 1 aliphatic heterocycles. The minimum atomic E-state index is -0.201. The van der Waals surface area contributed by atoms with Crippen LogP contribution in [-0.4, -0.2) is 40.0 Å². The molecule has 4 rings (SSSR count). The van der Waals surface area contributed by atoms with E-state index in [1.807, 2.05) is 54.6 Å². The van der Waals surface area contributed by atoms with Crippen molar-refractivity contribution < 1.29 is 9.59 Å². The second-order valence-corrected chi connectivity index (χ2v) is 8.15.